The number of benzene rings is 1. The number of para-hydroxylation sites is 1. The van der Waals surface area contributed by atoms with Crippen molar-refractivity contribution >= 4 is 34.6 Å². The Bertz CT molecular complexity index is 701. The van der Waals surface area contributed by atoms with Crippen molar-refractivity contribution in [2.75, 3.05) is 13.1 Å². The lowest BCUT2D eigenvalue weighted by Crippen LogP contribution is -2.38. The average molecular weight is 302 g/mol. The molecule has 6 nitrogen and oxygen atoms in total. The van der Waals surface area contributed by atoms with Crippen LogP contribution in [0.3, 0.4) is 0 Å². The van der Waals surface area contributed by atoms with Crippen molar-refractivity contribution in [3.63, 3.8) is 0 Å². The predicted octanol–water partition coefficient (Wildman–Crippen LogP) is 1.66. The van der Waals surface area contributed by atoms with Crippen molar-refractivity contribution < 1.29 is 9.59 Å². The normalized spacial score (nSPS) is 16.0. The average Bonchev–Trinajstić information content (AvgIpc) is 2.93. The van der Waals surface area contributed by atoms with Gasteiger partial charge in [0, 0.05) is 18.5 Å². The molecule has 1 aliphatic rings. The zero-order valence-electron chi connectivity index (χ0n) is 11.4. The molecule has 0 unspecified atom stereocenters. The van der Waals surface area contributed by atoms with Crippen LogP contribution in [0.25, 0.3) is 10.9 Å². The fourth-order valence-corrected chi connectivity index (χ4v) is 3.16. The third-order valence-corrected chi connectivity index (χ3v) is 4.37. The van der Waals surface area contributed by atoms with Crippen LogP contribution in [0, 0.1) is 0 Å². The molecule has 0 spiro atoms. The minimum atomic E-state index is -0.382. The number of nitrogens with one attached hydrogen (secondary N) is 1. The van der Waals surface area contributed by atoms with Gasteiger partial charge in [-0.3, -0.25) is 9.69 Å². The number of thioether (sulfide) groups is 1. The topological polar surface area (TPSA) is 75.2 Å². The second kappa shape index (κ2) is 5.69. The Kier molecular flexibility index (Phi) is 3.74. The summed E-state index contributed by atoms with van der Waals surface area (Å²) in [4.78, 5) is 33.5. The highest BCUT2D eigenvalue weighted by Gasteiger charge is 2.30. The van der Waals surface area contributed by atoms with Crippen molar-refractivity contribution in [2.24, 2.45) is 0 Å². The zero-order valence-corrected chi connectivity index (χ0v) is 12.3. The molecule has 1 N–H and O–H groups in total. The van der Waals surface area contributed by atoms with Gasteiger partial charge >= 0.3 is 6.03 Å². The van der Waals surface area contributed by atoms with E-state index >= 15 is 0 Å². The summed E-state index contributed by atoms with van der Waals surface area (Å²) in [5.74, 6) is -0.197. The second-order valence-corrected chi connectivity index (χ2v) is 6.01. The Morgan fingerprint density at radius 2 is 2.19 bits per heavy atom. The lowest BCUT2D eigenvalue weighted by molar-refractivity contribution is -0.126. The summed E-state index contributed by atoms with van der Waals surface area (Å²) in [6, 6.07) is 7.34. The Hall–Kier alpha value is -2.15. The van der Waals surface area contributed by atoms with E-state index in [0.29, 0.717) is 13.1 Å². The third-order valence-electron chi connectivity index (χ3n) is 3.27. The number of hydrogen-bond donors (Lipinski definition) is 1. The number of hydrogen-bond acceptors (Lipinski definition) is 5. The molecule has 1 atom stereocenters. The summed E-state index contributed by atoms with van der Waals surface area (Å²) < 4.78 is 0. The summed E-state index contributed by atoms with van der Waals surface area (Å²) >= 11 is 1.35. The van der Waals surface area contributed by atoms with E-state index in [-0.39, 0.29) is 17.2 Å². The van der Waals surface area contributed by atoms with Gasteiger partial charge in [-0.05, 0) is 13.0 Å². The molecule has 3 amide bonds. The highest BCUT2D eigenvalue weighted by molar-refractivity contribution is 8.00. The second-order valence-electron chi connectivity index (χ2n) is 4.68. The molecule has 0 radical (unpaired) electrons. The van der Waals surface area contributed by atoms with Gasteiger partial charge in [-0.15, -0.1) is 0 Å². The van der Waals surface area contributed by atoms with E-state index in [2.05, 4.69) is 15.3 Å². The van der Waals surface area contributed by atoms with Crippen molar-refractivity contribution in [3.05, 3.63) is 30.6 Å². The number of urea groups is 1. The van der Waals surface area contributed by atoms with Crippen LogP contribution in [0.4, 0.5) is 4.79 Å². The molecule has 0 bridgehead atoms. The summed E-state index contributed by atoms with van der Waals surface area (Å²) in [7, 11) is 0. The Morgan fingerprint density at radius 1 is 1.38 bits per heavy atom. The molecule has 0 saturated carbocycles. The van der Waals surface area contributed by atoms with E-state index in [1.54, 1.807) is 6.92 Å². The molecular formula is C14H14N4O2S. The zero-order chi connectivity index (χ0) is 14.8. The van der Waals surface area contributed by atoms with Crippen molar-refractivity contribution in [1.29, 1.82) is 0 Å². The number of imide groups is 1. The molecule has 7 heteroatoms. The maximum atomic E-state index is 12.3. The number of carbonyl (C=O) groups excluding carboxylic acids is 2. The van der Waals surface area contributed by atoms with Crippen LogP contribution in [-0.4, -0.2) is 45.1 Å². The summed E-state index contributed by atoms with van der Waals surface area (Å²) in [6.45, 7) is 2.72. The van der Waals surface area contributed by atoms with Gasteiger partial charge in [-0.2, -0.15) is 0 Å². The van der Waals surface area contributed by atoms with Crippen LogP contribution in [0.5, 0.6) is 0 Å². The van der Waals surface area contributed by atoms with E-state index in [1.165, 1.54) is 23.0 Å². The van der Waals surface area contributed by atoms with Gasteiger partial charge in [0.05, 0.1) is 10.8 Å². The molecule has 108 valence electrons. The van der Waals surface area contributed by atoms with Crippen LogP contribution >= 0.6 is 11.8 Å². The van der Waals surface area contributed by atoms with Crippen molar-refractivity contribution in [3.8, 4) is 0 Å². The molecule has 1 saturated heterocycles. The maximum absolute atomic E-state index is 12.3. The number of fused-ring (bicyclic) bond motifs is 1. The monoisotopic (exact) mass is 302 g/mol. The molecule has 2 aromatic rings. The number of amides is 3. The van der Waals surface area contributed by atoms with Crippen LogP contribution in [0.15, 0.2) is 35.6 Å². The van der Waals surface area contributed by atoms with Crippen LogP contribution in [0.2, 0.25) is 0 Å². The first-order valence-electron chi connectivity index (χ1n) is 6.62. The molecule has 2 heterocycles. The number of rotatable bonds is 3. The summed E-state index contributed by atoms with van der Waals surface area (Å²) in [5.41, 5.74) is 0.841. The first kappa shape index (κ1) is 13.8. The van der Waals surface area contributed by atoms with Gasteiger partial charge in [0.15, 0.2) is 0 Å². The first-order valence-corrected chi connectivity index (χ1v) is 7.50. The lowest BCUT2D eigenvalue weighted by atomic mass is 10.2. The van der Waals surface area contributed by atoms with Gasteiger partial charge in [0.25, 0.3) is 0 Å². The molecular weight excluding hydrogens is 288 g/mol. The standard InChI is InChI=1S/C14H14N4O2S/c1-9(13(19)18-7-6-15-14(18)20)21-12-10-4-2-3-5-11(10)16-8-17-12/h2-5,8-9H,6-7H2,1H3,(H,15,20)/t9-/m0/s1. The van der Waals surface area contributed by atoms with Crippen molar-refractivity contribution in [1.82, 2.24) is 20.2 Å². The molecule has 1 aromatic carbocycles. The van der Waals surface area contributed by atoms with Gasteiger partial charge < -0.3 is 5.32 Å². The molecule has 1 fully saturated rings. The van der Waals surface area contributed by atoms with E-state index in [4.69, 9.17) is 0 Å². The van der Waals surface area contributed by atoms with Crippen LogP contribution in [-0.2, 0) is 4.79 Å². The predicted molar refractivity (Wildman–Crippen MR) is 80.0 cm³/mol. The fourth-order valence-electron chi connectivity index (χ4n) is 2.19. The van der Waals surface area contributed by atoms with Gasteiger partial charge in [-0.1, -0.05) is 30.0 Å². The highest BCUT2D eigenvalue weighted by atomic mass is 32.2. The van der Waals surface area contributed by atoms with E-state index in [0.717, 1.165) is 15.9 Å². The number of carbonyl (C=O) groups is 2. The molecule has 0 aliphatic carbocycles. The number of nitrogens with zero attached hydrogens (tertiary/aromatic N) is 3. The minimum absolute atomic E-state index is 0.197. The van der Waals surface area contributed by atoms with Crippen LogP contribution < -0.4 is 5.32 Å². The molecule has 3 rings (SSSR count). The third kappa shape index (κ3) is 2.69. The van der Waals surface area contributed by atoms with E-state index in [1.807, 2.05) is 24.3 Å². The fraction of sp³-hybridized carbons (Fsp3) is 0.286. The molecule has 1 aromatic heterocycles. The summed E-state index contributed by atoms with van der Waals surface area (Å²) in [6.07, 6.45) is 1.49. The lowest BCUT2D eigenvalue weighted by Gasteiger charge is -2.17. The van der Waals surface area contributed by atoms with Gasteiger partial charge in [-0.25, -0.2) is 14.8 Å². The van der Waals surface area contributed by atoms with Crippen LogP contribution in [0.1, 0.15) is 6.92 Å². The molecule has 21 heavy (non-hydrogen) atoms. The Labute approximate surface area is 125 Å². The number of aromatic nitrogens is 2. The van der Waals surface area contributed by atoms with Gasteiger partial charge in [0.2, 0.25) is 5.91 Å². The van der Waals surface area contributed by atoms with E-state index < -0.39 is 0 Å². The quantitative estimate of drug-likeness (QED) is 0.689. The summed E-state index contributed by atoms with van der Waals surface area (Å²) in [5, 5.41) is 3.91. The SMILES string of the molecule is C[C@H](Sc1ncnc2ccccc12)C(=O)N1CCNC1=O. The maximum Gasteiger partial charge on any atom is 0.324 e. The Balaban J connectivity index is 1.81. The van der Waals surface area contributed by atoms with Gasteiger partial charge in [0.1, 0.15) is 11.4 Å². The highest BCUT2D eigenvalue weighted by Crippen LogP contribution is 2.28. The smallest absolute Gasteiger partial charge is 0.324 e. The van der Waals surface area contributed by atoms with E-state index in [9.17, 15) is 9.59 Å². The van der Waals surface area contributed by atoms with Crippen molar-refractivity contribution in [2.45, 2.75) is 17.2 Å². The first-order chi connectivity index (χ1) is 10.2. The molecule has 1 aliphatic heterocycles. The largest absolute Gasteiger partial charge is 0.336 e. The Morgan fingerprint density at radius 3 is 2.95 bits per heavy atom. The minimum Gasteiger partial charge on any atom is -0.336 e.